The van der Waals surface area contributed by atoms with Crippen molar-refractivity contribution in [3.8, 4) is 5.75 Å². The van der Waals surface area contributed by atoms with Crippen molar-refractivity contribution in [3.05, 3.63) is 102 Å². The first kappa shape index (κ1) is 37.3. The molecule has 0 fully saturated rings. The number of nitrogens with one attached hydrogen (secondary N) is 3. The van der Waals surface area contributed by atoms with Crippen molar-refractivity contribution in [2.45, 2.75) is 78.3 Å². The fourth-order valence-electron chi connectivity index (χ4n) is 4.76. The molecule has 11 heteroatoms. The molecule has 0 aliphatic carbocycles. The molecule has 3 aromatic rings. The van der Waals surface area contributed by atoms with E-state index in [-0.39, 0.29) is 43.6 Å². The van der Waals surface area contributed by atoms with Crippen LogP contribution in [-0.2, 0) is 53.1 Å². The van der Waals surface area contributed by atoms with E-state index in [1.54, 1.807) is 62.4 Å². The minimum atomic E-state index is -1.42. The van der Waals surface area contributed by atoms with E-state index in [0.29, 0.717) is 5.56 Å². The topological polar surface area (TPSA) is 160 Å². The largest absolute Gasteiger partial charge is 0.508 e. The Balaban J connectivity index is 1.75. The van der Waals surface area contributed by atoms with Gasteiger partial charge in [-0.05, 0) is 47.1 Å². The van der Waals surface area contributed by atoms with Crippen LogP contribution in [0.25, 0.3) is 0 Å². The van der Waals surface area contributed by atoms with Gasteiger partial charge in [-0.25, -0.2) is 4.79 Å². The van der Waals surface area contributed by atoms with Crippen LogP contribution in [0.3, 0.4) is 0 Å². The van der Waals surface area contributed by atoms with Crippen LogP contribution in [0.1, 0.15) is 57.2 Å². The predicted octanol–water partition coefficient (Wildman–Crippen LogP) is 3.97. The lowest BCUT2D eigenvalue weighted by Crippen LogP contribution is -2.57. The highest BCUT2D eigenvalue weighted by Gasteiger charge is 2.33. The Morgan fingerprint density at radius 2 is 1.19 bits per heavy atom. The van der Waals surface area contributed by atoms with E-state index in [4.69, 9.17) is 9.47 Å². The molecule has 0 radical (unpaired) electrons. The number of hydrogen-bond acceptors (Lipinski definition) is 8. The average molecular weight is 660 g/mol. The number of phenols is 1. The molecule has 3 aromatic carbocycles. The summed E-state index contributed by atoms with van der Waals surface area (Å²) in [4.78, 5) is 66.2. The lowest BCUT2D eigenvalue weighted by atomic mass is 10.0. The minimum Gasteiger partial charge on any atom is -0.508 e. The number of carbonyl (C=O) groups excluding carboxylic acids is 5. The molecule has 0 aliphatic rings. The number of esters is 2. The SMILES string of the molecule is CC(C)C[C@H](NC(=O)Cc1ccc(O)cc1)C(=O)N[C@@H](CC(=O)OCc1ccccc1)C(=O)N[C@H](C(=O)OCc1ccccc1)C(C)C. The maximum Gasteiger partial charge on any atom is 0.329 e. The Kier molecular flexibility index (Phi) is 14.6. The summed E-state index contributed by atoms with van der Waals surface area (Å²) >= 11 is 0. The van der Waals surface area contributed by atoms with E-state index in [9.17, 15) is 29.1 Å². The summed E-state index contributed by atoms with van der Waals surface area (Å²) in [5.41, 5.74) is 2.14. The van der Waals surface area contributed by atoms with Gasteiger partial charge in [0.05, 0.1) is 12.8 Å². The second-order valence-electron chi connectivity index (χ2n) is 12.3. The molecule has 3 amide bonds. The molecular weight excluding hydrogens is 614 g/mol. The van der Waals surface area contributed by atoms with Crippen LogP contribution in [0.4, 0.5) is 0 Å². The molecule has 3 atom stereocenters. The van der Waals surface area contributed by atoms with Gasteiger partial charge in [0, 0.05) is 0 Å². The first-order chi connectivity index (χ1) is 22.9. The number of hydrogen-bond donors (Lipinski definition) is 4. The molecule has 4 N–H and O–H groups in total. The summed E-state index contributed by atoms with van der Waals surface area (Å²) in [6.45, 7) is 7.20. The summed E-state index contributed by atoms with van der Waals surface area (Å²) in [6.07, 6.45) is -0.316. The summed E-state index contributed by atoms with van der Waals surface area (Å²) < 4.78 is 10.9. The van der Waals surface area contributed by atoms with Gasteiger partial charge in [-0.3, -0.25) is 19.2 Å². The maximum absolute atomic E-state index is 13.7. The summed E-state index contributed by atoms with van der Waals surface area (Å²) in [5.74, 6) is -3.64. The van der Waals surface area contributed by atoms with Crippen molar-refractivity contribution in [3.63, 3.8) is 0 Å². The van der Waals surface area contributed by atoms with E-state index in [1.807, 2.05) is 38.1 Å². The molecule has 256 valence electrons. The third kappa shape index (κ3) is 12.9. The highest BCUT2D eigenvalue weighted by atomic mass is 16.5. The van der Waals surface area contributed by atoms with Crippen molar-refractivity contribution in [2.24, 2.45) is 11.8 Å². The Bertz CT molecular complexity index is 1490. The van der Waals surface area contributed by atoms with Crippen LogP contribution in [-0.4, -0.2) is 52.9 Å². The second kappa shape index (κ2) is 18.8. The quantitative estimate of drug-likeness (QED) is 0.159. The molecule has 3 rings (SSSR count). The van der Waals surface area contributed by atoms with Crippen LogP contribution in [0.2, 0.25) is 0 Å². The monoisotopic (exact) mass is 659 g/mol. The molecule has 0 bridgehead atoms. The first-order valence-electron chi connectivity index (χ1n) is 16.0. The van der Waals surface area contributed by atoms with Crippen molar-refractivity contribution in [1.82, 2.24) is 16.0 Å². The molecule has 0 unspecified atom stereocenters. The molecule has 0 spiro atoms. The van der Waals surface area contributed by atoms with Gasteiger partial charge in [-0.1, -0.05) is 100 Å². The minimum absolute atomic E-state index is 0.00542. The van der Waals surface area contributed by atoms with E-state index < -0.39 is 54.2 Å². The molecule has 0 heterocycles. The van der Waals surface area contributed by atoms with Crippen molar-refractivity contribution in [1.29, 1.82) is 0 Å². The van der Waals surface area contributed by atoms with Gasteiger partial charge >= 0.3 is 11.9 Å². The van der Waals surface area contributed by atoms with E-state index >= 15 is 0 Å². The van der Waals surface area contributed by atoms with Gasteiger partial charge < -0.3 is 30.5 Å². The van der Waals surface area contributed by atoms with E-state index in [0.717, 1.165) is 11.1 Å². The smallest absolute Gasteiger partial charge is 0.329 e. The first-order valence-corrected chi connectivity index (χ1v) is 16.0. The standard InChI is InChI=1S/C37H45N3O8/c1-24(2)19-30(38-32(42)20-26-15-17-29(41)18-16-26)35(44)39-31(21-33(43)47-22-27-11-7-5-8-12-27)36(45)40-34(25(3)4)37(46)48-23-28-13-9-6-10-14-28/h5-18,24-25,30-31,34,41H,19-23H2,1-4H3,(H,38,42)(H,39,44)(H,40,45)/t30-,31-,34-/m0/s1. The summed E-state index contributed by atoms with van der Waals surface area (Å²) in [6, 6.07) is 20.7. The van der Waals surface area contributed by atoms with Crippen LogP contribution >= 0.6 is 0 Å². The fourth-order valence-corrected chi connectivity index (χ4v) is 4.76. The number of benzene rings is 3. The molecule has 11 nitrogen and oxygen atoms in total. The molecule has 0 saturated heterocycles. The number of rotatable bonds is 17. The third-order valence-corrected chi connectivity index (χ3v) is 7.35. The lowest BCUT2D eigenvalue weighted by Gasteiger charge is -2.26. The van der Waals surface area contributed by atoms with Crippen molar-refractivity contribution in [2.75, 3.05) is 0 Å². The zero-order valence-corrected chi connectivity index (χ0v) is 27.8. The van der Waals surface area contributed by atoms with E-state index in [2.05, 4.69) is 16.0 Å². The van der Waals surface area contributed by atoms with Gasteiger partial charge in [0.2, 0.25) is 17.7 Å². The van der Waals surface area contributed by atoms with Crippen LogP contribution in [0.5, 0.6) is 5.75 Å². The average Bonchev–Trinajstić information content (AvgIpc) is 3.06. The van der Waals surface area contributed by atoms with Gasteiger partial charge in [0.1, 0.15) is 37.1 Å². The number of ether oxygens (including phenoxy) is 2. The molecular formula is C37H45N3O8. The number of carbonyl (C=O) groups is 5. The molecule has 48 heavy (non-hydrogen) atoms. The second-order valence-corrected chi connectivity index (χ2v) is 12.3. The fraction of sp³-hybridized carbons (Fsp3) is 0.378. The molecule has 0 saturated carbocycles. The van der Waals surface area contributed by atoms with Crippen LogP contribution in [0.15, 0.2) is 84.9 Å². The summed E-state index contributed by atoms with van der Waals surface area (Å²) in [7, 11) is 0. The van der Waals surface area contributed by atoms with Gasteiger partial charge in [0.25, 0.3) is 0 Å². The highest BCUT2D eigenvalue weighted by molar-refractivity contribution is 5.95. The van der Waals surface area contributed by atoms with Crippen LogP contribution in [0, 0.1) is 11.8 Å². The number of aromatic hydroxyl groups is 1. The van der Waals surface area contributed by atoms with Crippen LogP contribution < -0.4 is 16.0 Å². The summed E-state index contributed by atoms with van der Waals surface area (Å²) in [5, 5.41) is 17.5. The van der Waals surface area contributed by atoms with Gasteiger partial charge in [0.15, 0.2) is 0 Å². The van der Waals surface area contributed by atoms with Crippen molar-refractivity contribution < 1.29 is 38.6 Å². The highest BCUT2D eigenvalue weighted by Crippen LogP contribution is 2.13. The molecule has 0 aromatic heterocycles. The number of phenolic OH excluding ortho intramolecular Hbond substituents is 1. The zero-order chi connectivity index (χ0) is 35.1. The number of amides is 3. The Hall–Kier alpha value is -5.19. The third-order valence-electron chi connectivity index (χ3n) is 7.35. The maximum atomic E-state index is 13.7. The van der Waals surface area contributed by atoms with Crippen molar-refractivity contribution >= 4 is 29.7 Å². The normalized spacial score (nSPS) is 12.8. The molecule has 0 aliphatic heterocycles. The Morgan fingerprint density at radius 1 is 0.646 bits per heavy atom. The Labute approximate surface area is 281 Å². The van der Waals surface area contributed by atoms with E-state index in [1.165, 1.54) is 12.1 Å². The Morgan fingerprint density at radius 3 is 1.73 bits per heavy atom. The van der Waals surface area contributed by atoms with Gasteiger partial charge in [-0.15, -0.1) is 0 Å². The zero-order valence-electron chi connectivity index (χ0n) is 27.8. The predicted molar refractivity (Wildman–Crippen MR) is 179 cm³/mol. The lowest BCUT2D eigenvalue weighted by molar-refractivity contribution is -0.151. The van der Waals surface area contributed by atoms with Gasteiger partial charge in [-0.2, -0.15) is 0 Å².